The van der Waals surface area contributed by atoms with Crippen molar-refractivity contribution >= 4 is 16.9 Å². The van der Waals surface area contributed by atoms with Crippen LogP contribution in [-0.4, -0.2) is 44.1 Å². The van der Waals surface area contributed by atoms with Crippen molar-refractivity contribution in [2.45, 2.75) is 18.2 Å². The van der Waals surface area contributed by atoms with Crippen molar-refractivity contribution in [3.8, 4) is 0 Å². The highest BCUT2D eigenvalue weighted by atomic mass is 19.1. The maximum Gasteiger partial charge on any atom is 0.304 e. The van der Waals surface area contributed by atoms with Gasteiger partial charge in [0.2, 0.25) is 0 Å². The van der Waals surface area contributed by atoms with Gasteiger partial charge in [-0.05, 0) is 6.07 Å². The van der Waals surface area contributed by atoms with Gasteiger partial charge in [0.05, 0.1) is 12.3 Å². The molecule has 0 saturated carbocycles. The summed E-state index contributed by atoms with van der Waals surface area (Å²) < 4.78 is 15.6. The smallest absolute Gasteiger partial charge is 0.304 e. The number of fused-ring (bicyclic) bond motifs is 1. The van der Waals surface area contributed by atoms with E-state index in [0.29, 0.717) is 16.9 Å². The summed E-state index contributed by atoms with van der Waals surface area (Å²) in [6.07, 6.45) is 0.0518. The number of pyridine rings is 1. The Morgan fingerprint density at radius 2 is 2.20 bits per heavy atom. The van der Waals surface area contributed by atoms with Gasteiger partial charge in [-0.15, -0.1) is 4.98 Å². The standard InChI is InChI=1S/C12H13FN4O3/c13-7-5(3-18)10(19)11(20)9(7)17-4-16-8-6(14)1-2-15-12(8)17/h1-2,4,9-11,18-20H,3H2,(H2,14,15)/p+1. The van der Waals surface area contributed by atoms with Crippen LogP contribution in [0.3, 0.4) is 0 Å². The SMILES string of the molecule is Nc1ccnc2c1[nH]c[n+]2C1C(F)=C(CO)C(O)C1O. The summed E-state index contributed by atoms with van der Waals surface area (Å²) in [6.45, 7) is -0.654. The zero-order chi connectivity index (χ0) is 14.4. The van der Waals surface area contributed by atoms with Crippen LogP contribution in [0.25, 0.3) is 11.2 Å². The van der Waals surface area contributed by atoms with E-state index in [1.54, 1.807) is 6.07 Å². The van der Waals surface area contributed by atoms with E-state index in [9.17, 15) is 14.6 Å². The zero-order valence-electron chi connectivity index (χ0n) is 10.4. The quantitative estimate of drug-likeness (QED) is 0.449. The minimum absolute atomic E-state index is 0.215. The number of nitrogen functional groups attached to an aromatic ring is 1. The number of imidazole rings is 1. The predicted octanol–water partition coefficient (Wildman–Crippen LogP) is -1.08. The lowest BCUT2D eigenvalue weighted by molar-refractivity contribution is -0.700. The fourth-order valence-electron chi connectivity index (χ4n) is 2.53. The minimum atomic E-state index is -1.44. The number of hydrogen-bond acceptors (Lipinski definition) is 5. The van der Waals surface area contributed by atoms with Crippen molar-refractivity contribution in [3.63, 3.8) is 0 Å². The third kappa shape index (κ3) is 1.62. The second-order valence-electron chi connectivity index (χ2n) is 4.69. The predicted molar refractivity (Wildman–Crippen MR) is 67.0 cm³/mol. The molecule has 8 heteroatoms. The second-order valence-corrected chi connectivity index (χ2v) is 4.69. The number of nitrogens with two attached hydrogens (primary N) is 1. The summed E-state index contributed by atoms with van der Waals surface area (Å²) in [4.78, 5) is 6.95. The number of aromatic amines is 1. The number of aliphatic hydroxyl groups is 3. The van der Waals surface area contributed by atoms with E-state index in [-0.39, 0.29) is 5.57 Å². The Hall–Kier alpha value is -2.03. The molecule has 7 nitrogen and oxygen atoms in total. The summed E-state index contributed by atoms with van der Waals surface area (Å²) in [5.74, 6) is -0.761. The first-order valence-electron chi connectivity index (χ1n) is 6.04. The molecule has 0 aliphatic heterocycles. The zero-order valence-corrected chi connectivity index (χ0v) is 10.4. The number of halogens is 1. The lowest BCUT2D eigenvalue weighted by atomic mass is 10.1. The topological polar surface area (TPSA) is 119 Å². The Kier molecular flexibility index (Phi) is 2.93. The van der Waals surface area contributed by atoms with E-state index in [4.69, 9.17) is 10.8 Å². The van der Waals surface area contributed by atoms with E-state index in [1.807, 2.05) is 0 Å². The van der Waals surface area contributed by atoms with Crippen molar-refractivity contribution in [1.82, 2.24) is 9.97 Å². The van der Waals surface area contributed by atoms with Gasteiger partial charge in [-0.25, -0.2) is 8.96 Å². The molecule has 3 atom stereocenters. The van der Waals surface area contributed by atoms with Crippen LogP contribution in [0, 0.1) is 0 Å². The molecular weight excluding hydrogens is 267 g/mol. The van der Waals surface area contributed by atoms with E-state index < -0.39 is 30.7 Å². The average molecular weight is 281 g/mol. The van der Waals surface area contributed by atoms with Crippen LogP contribution in [0.15, 0.2) is 30.0 Å². The van der Waals surface area contributed by atoms with Crippen molar-refractivity contribution < 1.29 is 24.3 Å². The van der Waals surface area contributed by atoms with Gasteiger partial charge in [0.1, 0.15) is 24.2 Å². The molecule has 0 amide bonds. The first-order chi connectivity index (χ1) is 9.56. The molecule has 6 N–H and O–H groups in total. The van der Waals surface area contributed by atoms with Gasteiger partial charge in [0.25, 0.3) is 0 Å². The van der Waals surface area contributed by atoms with Crippen LogP contribution in [0.5, 0.6) is 0 Å². The summed E-state index contributed by atoms with van der Waals surface area (Å²) in [6, 6.07) is 0.448. The third-order valence-electron chi connectivity index (χ3n) is 3.60. The molecule has 3 unspecified atom stereocenters. The van der Waals surface area contributed by atoms with E-state index in [2.05, 4.69) is 9.97 Å². The molecule has 2 aromatic rings. The lowest BCUT2D eigenvalue weighted by Gasteiger charge is -2.15. The summed E-state index contributed by atoms with van der Waals surface area (Å²) >= 11 is 0. The molecule has 0 bridgehead atoms. The van der Waals surface area contributed by atoms with Crippen LogP contribution in [0.2, 0.25) is 0 Å². The maximum absolute atomic E-state index is 14.3. The van der Waals surface area contributed by atoms with Gasteiger partial charge >= 0.3 is 5.65 Å². The number of hydrogen-bond donors (Lipinski definition) is 5. The Morgan fingerprint density at radius 1 is 1.45 bits per heavy atom. The van der Waals surface area contributed by atoms with Gasteiger partial charge in [0.15, 0.2) is 17.9 Å². The molecule has 0 spiro atoms. The highest BCUT2D eigenvalue weighted by molar-refractivity contribution is 5.80. The maximum atomic E-state index is 14.3. The van der Waals surface area contributed by atoms with Gasteiger partial charge < -0.3 is 21.1 Å². The Labute approximate surface area is 112 Å². The molecule has 0 aromatic carbocycles. The molecule has 2 aromatic heterocycles. The Morgan fingerprint density at radius 3 is 2.85 bits per heavy atom. The van der Waals surface area contributed by atoms with Crippen molar-refractivity contribution in [2.24, 2.45) is 0 Å². The van der Waals surface area contributed by atoms with Crippen LogP contribution in [-0.2, 0) is 0 Å². The summed E-state index contributed by atoms with van der Waals surface area (Å²) in [5.41, 5.74) is 6.87. The summed E-state index contributed by atoms with van der Waals surface area (Å²) in [7, 11) is 0. The number of nitrogens with one attached hydrogen (secondary N) is 1. The molecule has 106 valence electrons. The molecular formula is C12H14FN4O3+. The normalized spacial score (nSPS) is 26.7. The molecule has 0 radical (unpaired) electrons. The highest BCUT2D eigenvalue weighted by Crippen LogP contribution is 2.34. The Bertz CT molecular complexity index is 699. The lowest BCUT2D eigenvalue weighted by Crippen LogP contribution is -2.46. The summed E-state index contributed by atoms with van der Waals surface area (Å²) in [5, 5.41) is 28.8. The largest absolute Gasteiger partial charge is 0.396 e. The number of anilines is 1. The minimum Gasteiger partial charge on any atom is -0.396 e. The number of rotatable bonds is 2. The van der Waals surface area contributed by atoms with E-state index in [0.717, 1.165) is 0 Å². The van der Waals surface area contributed by atoms with Gasteiger partial charge in [-0.2, -0.15) is 0 Å². The van der Waals surface area contributed by atoms with Gasteiger partial charge in [-0.1, -0.05) is 0 Å². The third-order valence-corrected chi connectivity index (χ3v) is 3.60. The van der Waals surface area contributed by atoms with Crippen LogP contribution in [0.4, 0.5) is 10.1 Å². The first kappa shape index (κ1) is 13.0. The second kappa shape index (κ2) is 4.51. The molecule has 3 rings (SSSR count). The number of aromatic nitrogens is 3. The molecule has 1 aliphatic rings. The van der Waals surface area contributed by atoms with Crippen LogP contribution >= 0.6 is 0 Å². The Balaban J connectivity index is 2.17. The fourth-order valence-corrected chi connectivity index (χ4v) is 2.53. The number of H-pyrrole nitrogens is 1. The van der Waals surface area contributed by atoms with Crippen molar-refractivity contribution in [2.75, 3.05) is 12.3 Å². The molecule has 20 heavy (non-hydrogen) atoms. The van der Waals surface area contributed by atoms with Crippen LogP contribution in [0.1, 0.15) is 6.04 Å². The monoisotopic (exact) mass is 281 g/mol. The molecule has 0 saturated heterocycles. The molecule has 0 fully saturated rings. The first-order valence-corrected chi connectivity index (χ1v) is 6.04. The number of nitrogens with zero attached hydrogens (tertiary/aromatic N) is 2. The van der Waals surface area contributed by atoms with Gasteiger partial charge in [-0.3, -0.25) is 4.98 Å². The highest BCUT2D eigenvalue weighted by Gasteiger charge is 2.45. The molecule has 2 heterocycles. The number of aliphatic hydroxyl groups excluding tert-OH is 3. The fraction of sp³-hybridized carbons (Fsp3) is 0.333. The van der Waals surface area contributed by atoms with E-state index >= 15 is 0 Å². The van der Waals surface area contributed by atoms with Crippen LogP contribution < -0.4 is 10.3 Å². The van der Waals surface area contributed by atoms with Crippen molar-refractivity contribution in [3.05, 3.63) is 30.0 Å². The average Bonchev–Trinajstić information content (AvgIpc) is 2.92. The molecule has 1 aliphatic carbocycles. The van der Waals surface area contributed by atoms with E-state index in [1.165, 1.54) is 17.1 Å². The van der Waals surface area contributed by atoms with Gasteiger partial charge in [0, 0.05) is 5.57 Å². The van der Waals surface area contributed by atoms with Crippen molar-refractivity contribution in [1.29, 1.82) is 0 Å².